The molecule has 0 atom stereocenters. The molecule has 26 heavy (non-hydrogen) atoms. The predicted molar refractivity (Wildman–Crippen MR) is 98.7 cm³/mol. The van der Waals surface area contributed by atoms with Crippen molar-refractivity contribution in [2.45, 2.75) is 4.90 Å². The molecule has 1 N–H and O–H groups in total. The number of ether oxygens (including phenoxy) is 3. The Morgan fingerprint density at radius 1 is 1.19 bits per heavy atom. The van der Waals surface area contributed by atoms with E-state index in [-0.39, 0.29) is 21.2 Å². The molecule has 0 aromatic heterocycles. The maximum atomic E-state index is 12.7. The summed E-state index contributed by atoms with van der Waals surface area (Å²) in [5, 5.41) is 0.156. The average molecular weight is 463 g/mol. The van der Waals surface area contributed by atoms with Crippen molar-refractivity contribution >= 4 is 49.2 Å². The minimum atomic E-state index is -4.00. The highest BCUT2D eigenvalue weighted by Gasteiger charge is 2.22. The molecule has 3 rings (SSSR count). The number of carbonyl (C=O) groups excluding carboxylic acids is 1. The van der Waals surface area contributed by atoms with Crippen LogP contribution in [0.5, 0.6) is 11.5 Å². The molecule has 1 heterocycles. The molecule has 0 bridgehead atoms. The summed E-state index contributed by atoms with van der Waals surface area (Å²) in [5.41, 5.74) is 0.224. The molecule has 0 spiro atoms. The van der Waals surface area contributed by atoms with Crippen molar-refractivity contribution < 1.29 is 27.4 Å². The topological polar surface area (TPSA) is 90.9 Å². The zero-order valence-corrected chi connectivity index (χ0v) is 16.6. The van der Waals surface area contributed by atoms with Crippen molar-refractivity contribution in [1.82, 2.24) is 0 Å². The number of nitrogens with one attached hydrogen (secondary N) is 1. The molecule has 10 heteroatoms. The zero-order valence-electron chi connectivity index (χ0n) is 13.4. The molecule has 0 radical (unpaired) electrons. The normalized spacial score (nSPS) is 13.2. The van der Waals surface area contributed by atoms with Gasteiger partial charge in [-0.1, -0.05) is 11.6 Å². The van der Waals surface area contributed by atoms with Gasteiger partial charge in [-0.3, -0.25) is 4.72 Å². The Morgan fingerprint density at radius 2 is 1.85 bits per heavy atom. The fourth-order valence-corrected chi connectivity index (χ4v) is 4.05. The fourth-order valence-electron chi connectivity index (χ4n) is 2.28. The molecule has 0 unspecified atom stereocenters. The Labute approximate surface area is 163 Å². The van der Waals surface area contributed by atoms with Crippen molar-refractivity contribution in [3.8, 4) is 11.5 Å². The van der Waals surface area contributed by atoms with E-state index in [0.29, 0.717) is 29.2 Å². The highest BCUT2D eigenvalue weighted by atomic mass is 79.9. The fraction of sp³-hybridized carbons (Fsp3) is 0.188. The van der Waals surface area contributed by atoms with Gasteiger partial charge in [0.2, 0.25) is 0 Å². The Kier molecular flexibility index (Phi) is 5.31. The molecule has 2 aromatic carbocycles. The number of methoxy groups -OCH3 is 1. The zero-order chi connectivity index (χ0) is 18.9. The van der Waals surface area contributed by atoms with Gasteiger partial charge in [0.05, 0.1) is 28.3 Å². The third-order valence-electron chi connectivity index (χ3n) is 3.53. The van der Waals surface area contributed by atoms with Gasteiger partial charge in [-0.05, 0) is 34.1 Å². The van der Waals surface area contributed by atoms with Crippen LogP contribution < -0.4 is 14.2 Å². The van der Waals surface area contributed by atoms with Crippen LogP contribution in [0.25, 0.3) is 0 Å². The minimum absolute atomic E-state index is 0.0867. The number of sulfonamides is 1. The molecule has 0 saturated heterocycles. The third-order valence-corrected chi connectivity index (χ3v) is 5.90. The SMILES string of the molecule is COC(=O)c1cc(S(=O)(=O)Nc2cc3c(cc2Cl)OCCO3)ccc1Br. The standard InChI is InChI=1S/C16H13BrClNO6S/c1-23-16(20)10-6-9(2-3-11(10)17)26(21,22)19-13-8-15-14(7-12(13)18)24-4-5-25-15/h2-3,6-8,19H,4-5H2,1H3. The first-order valence-electron chi connectivity index (χ1n) is 7.31. The van der Waals surface area contributed by atoms with Gasteiger partial charge in [-0.25, -0.2) is 13.2 Å². The number of benzene rings is 2. The van der Waals surface area contributed by atoms with Crippen LogP contribution in [0.3, 0.4) is 0 Å². The number of rotatable bonds is 4. The van der Waals surface area contributed by atoms with Gasteiger partial charge in [0.15, 0.2) is 11.5 Å². The van der Waals surface area contributed by atoms with Gasteiger partial charge >= 0.3 is 5.97 Å². The summed E-state index contributed by atoms with van der Waals surface area (Å²) in [7, 11) is -2.79. The van der Waals surface area contributed by atoms with E-state index in [9.17, 15) is 13.2 Å². The van der Waals surface area contributed by atoms with Crippen LogP contribution >= 0.6 is 27.5 Å². The molecule has 7 nitrogen and oxygen atoms in total. The van der Waals surface area contributed by atoms with Gasteiger partial charge in [0.1, 0.15) is 13.2 Å². The minimum Gasteiger partial charge on any atom is -0.486 e. The number of halogens is 2. The highest BCUT2D eigenvalue weighted by molar-refractivity contribution is 9.10. The molecule has 138 valence electrons. The number of anilines is 1. The van der Waals surface area contributed by atoms with Gasteiger partial charge in [0, 0.05) is 16.6 Å². The number of esters is 1. The first-order chi connectivity index (χ1) is 12.3. The number of carbonyl (C=O) groups is 1. The first kappa shape index (κ1) is 18.8. The Morgan fingerprint density at radius 3 is 2.50 bits per heavy atom. The summed E-state index contributed by atoms with van der Waals surface area (Å²) in [5.74, 6) is 0.177. The first-order valence-corrected chi connectivity index (χ1v) is 9.97. The second-order valence-electron chi connectivity index (χ2n) is 5.21. The maximum Gasteiger partial charge on any atom is 0.339 e. The molecule has 0 aliphatic carbocycles. The van der Waals surface area contributed by atoms with E-state index in [4.69, 9.17) is 21.1 Å². The lowest BCUT2D eigenvalue weighted by Gasteiger charge is -2.20. The van der Waals surface area contributed by atoms with Crippen molar-refractivity contribution in [3.05, 3.63) is 45.4 Å². The van der Waals surface area contributed by atoms with Crippen molar-refractivity contribution in [2.24, 2.45) is 0 Å². The Bertz CT molecular complexity index is 979. The predicted octanol–water partition coefficient (Wildman–Crippen LogP) is 3.46. The van der Waals surface area contributed by atoms with Gasteiger partial charge < -0.3 is 14.2 Å². The lowest BCUT2D eigenvalue weighted by atomic mass is 10.2. The van der Waals surface area contributed by atoms with Crippen molar-refractivity contribution in [1.29, 1.82) is 0 Å². The van der Waals surface area contributed by atoms with Gasteiger partial charge in [-0.15, -0.1) is 0 Å². The van der Waals surface area contributed by atoms with E-state index in [1.165, 1.54) is 37.4 Å². The Hall–Kier alpha value is -1.97. The van der Waals surface area contributed by atoms with E-state index in [0.717, 1.165) is 0 Å². The molecule has 1 aliphatic rings. The molecular weight excluding hydrogens is 450 g/mol. The summed E-state index contributed by atoms with van der Waals surface area (Å²) in [4.78, 5) is 11.6. The van der Waals surface area contributed by atoms with Crippen LogP contribution in [0.4, 0.5) is 5.69 Å². The van der Waals surface area contributed by atoms with Crippen LogP contribution in [0.2, 0.25) is 5.02 Å². The summed E-state index contributed by atoms with van der Waals surface area (Å²) in [6.07, 6.45) is 0. The summed E-state index contributed by atoms with van der Waals surface area (Å²) < 4.78 is 43.7. The smallest absolute Gasteiger partial charge is 0.339 e. The van der Waals surface area contributed by atoms with Crippen LogP contribution in [0.15, 0.2) is 39.7 Å². The van der Waals surface area contributed by atoms with Crippen LogP contribution in [-0.2, 0) is 14.8 Å². The van der Waals surface area contributed by atoms with Gasteiger partial charge in [0.25, 0.3) is 10.0 Å². The second kappa shape index (κ2) is 7.34. The lowest BCUT2D eigenvalue weighted by molar-refractivity contribution is 0.0599. The van der Waals surface area contributed by atoms with Gasteiger partial charge in [-0.2, -0.15) is 0 Å². The average Bonchev–Trinajstić information content (AvgIpc) is 2.61. The van der Waals surface area contributed by atoms with E-state index < -0.39 is 16.0 Å². The largest absolute Gasteiger partial charge is 0.486 e. The van der Waals surface area contributed by atoms with Crippen LogP contribution in [0.1, 0.15) is 10.4 Å². The number of hydrogen-bond donors (Lipinski definition) is 1. The molecule has 0 amide bonds. The number of fused-ring (bicyclic) bond motifs is 1. The summed E-state index contributed by atoms with van der Waals surface area (Å²) in [6, 6.07) is 6.95. The maximum absolute atomic E-state index is 12.7. The summed E-state index contributed by atoms with van der Waals surface area (Å²) >= 11 is 9.33. The second-order valence-corrected chi connectivity index (χ2v) is 8.16. The van der Waals surface area contributed by atoms with E-state index >= 15 is 0 Å². The highest BCUT2D eigenvalue weighted by Crippen LogP contribution is 2.38. The van der Waals surface area contributed by atoms with E-state index in [2.05, 4.69) is 25.4 Å². The molecular formula is C16H13BrClNO6S. The summed E-state index contributed by atoms with van der Waals surface area (Å²) in [6.45, 7) is 0.750. The molecule has 2 aromatic rings. The van der Waals surface area contributed by atoms with E-state index in [1.807, 2.05) is 0 Å². The Balaban J connectivity index is 1.96. The lowest BCUT2D eigenvalue weighted by Crippen LogP contribution is -2.17. The molecule has 0 saturated carbocycles. The quantitative estimate of drug-likeness (QED) is 0.700. The van der Waals surface area contributed by atoms with Crippen molar-refractivity contribution in [2.75, 3.05) is 25.0 Å². The molecule has 0 fully saturated rings. The van der Waals surface area contributed by atoms with E-state index in [1.54, 1.807) is 0 Å². The van der Waals surface area contributed by atoms with Crippen molar-refractivity contribution in [3.63, 3.8) is 0 Å². The third kappa shape index (κ3) is 3.74. The number of hydrogen-bond acceptors (Lipinski definition) is 6. The molecule has 1 aliphatic heterocycles. The van der Waals surface area contributed by atoms with Crippen LogP contribution in [0, 0.1) is 0 Å². The monoisotopic (exact) mass is 461 g/mol. The van der Waals surface area contributed by atoms with Crippen LogP contribution in [-0.4, -0.2) is 34.7 Å².